The number of alkyl carbamates (subject to hydrolysis) is 1. The number of nitrogens with zero attached hydrogens (tertiary/aromatic N) is 1. The maximum atomic E-state index is 12.1. The van der Waals surface area contributed by atoms with Gasteiger partial charge in [0.25, 0.3) is 0 Å². The van der Waals surface area contributed by atoms with Crippen LogP contribution in [0.3, 0.4) is 0 Å². The Labute approximate surface area is 170 Å². The molecule has 28 heavy (non-hydrogen) atoms. The van der Waals surface area contributed by atoms with Gasteiger partial charge in [0.05, 0.1) is 5.69 Å². The molecule has 152 valence electrons. The smallest absolute Gasteiger partial charge is 0.407 e. The van der Waals surface area contributed by atoms with Gasteiger partial charge >= 0.3 is 6.09 Å². The molecule has 6 nitrogen and oxygen atoms in total. The second-order valence-electron chi connectivity index (χ2n) is 7.89. The molecular formula is C21H29N3O3S. The van der Waals surface area contributed by atoms with Crippen LogP contribution in [0.5, 0.6) is 0 Å². The van der Waals surface area contributed by atoms with Gasteiger partial charge in [-0.05, 0) is 59.1 Å². The Morgan fingerprint density at radius 1 is 1.14 bits per heavy atom. The number of anilines is 1. The number of amides is 2. The van der Waals surface area contributed by atoms with E-state index in [4.69, 9.17) is 4.74 Å². The molecule has 7 heteroatoms. The van der Waals surface area contributed by atoms with Gasteiger partial charge in [0.1, 0.15) is 5.60 Å². The summed E-state index contributed by atoms with van der Waals surface area (Å²) in [4.78, 5) is 28.3. The van der Waals surface area contributed by atoms with Crippen LogP contribution in [0.25, 0.3) is 11.3 Å². The summed E-state index contributed by atoms with van der Waals surface area (Å²) >= 11 is 1.41. The lowest BCUT2D eigenvalue weighted by Crippen LogP contribution is -2.33. The van der Waals surface area contributed by atoms with Crippen molar-refractivity contribution in [2.75, 3.05) is 11.9 Å². The molecule has 1 heterocycles. The SMILES string of the molecule is Cc1cc(C)c(-c2csc(NC(=O)CCCNC(=O)OC(C)(C)C)n2)c(C)c1. The number of benzene rings is 1. The zero-order valence-electron chi connectivity index (χ0n) is 17.4. The number of carbonyl (C=O) groups excluding carboxylic acids is 2. The summed E-state index contributed by atoms with van der Waals surface area (Å²) < 4.78 is 5.15. The Morgan fingerprint density at radius 3 is 2.39 bits per heavy atom. The first-order valence-corrected chi connectivity index (χ1v) is 10.2. The van der Waals surface area contributed by atoms with E-state index in [9.17, 15) is 9.59 Å². The van der Waals surface area contributed by atoms with Crippen molar-refractivity contribution in [2.24, 2.45) is 0 Å². The number of nitrogens with one attached hydrogen (secondary N) is 2. The van der Waals surface area contributed by atoms with Crippen molar-refractivity contribution in [2.45, 2.75) is 60.0 Å². The van der Waals surface area contributed by atoms with Gasteiger partial charge in [-0.25, -0.2) is 9.78 Å². The van der Waals surface area contributed by atoms with Crippen molar-refractivity contribution in [1.82, 2.24) is 10.3 Å². The minimum atomic E-state index is -0.530. The van der Waals surface area contributed by atoms with Gasteiger partial charge in [-0.3, -0.25) is 4.79 Å². The van der Waals surface area contributed by atoms with Gasteiger partial charge in [0, 0.05) is 23.9 Å². The fourth-order valence-electron chi connectivity index (χ4n) is 2.97. The number of aryl methyl sites for hydroxylation is 3. The van der Waals surface area contributed by atoms with Gasteiger partial charge < -0.3 is 15.4 Å². The molecular weight excluding hydrogens is 374 g/mol. The van der Waals surface area contributed by atoms with E-state index in [2.05, 4.69) is 48.5 Å². The molecule has 1 aromatic carbocycles. The molecule has 0 saturated carbocycles. The summed E-state index contributed by atoms with van der Waals surface area (Å²) in [5, 5.41) is 8.03. The lowest BCUT2D eigenvalue weighted by atomic mass is 9.98. The van der Waals surface area contributed by atoms with E-state index in [0.717, 1.165) is 11.3 Å². The third kappa shape index (κ3) is 6.64. The summed E-state index contributed by atoms with van der Waals surface area (Å²) in [6.07, 6.45) is 0.355. The van der Waals surface area contributed by atoms with Gasteiger partial charge in [-0.15, -0.1) is 11.3 Å². The number of hydrogen-bond acceptors (Lipinski definition) is 5. The van der Waals surface area contributed by atoms with E-state index in [1.165, 1.54) is 28.0 Å². The first-order chi connectivity index (χ1) is 13.0. The van der Waals surface area contributed by atoms with E-state index in [0.29, 0.717) is 24.5 Å². The van der Waals surface area contributed by atoms with Crippen molar-refractivity contribution in [1.29, 1.82) is 0 Å². The van der Waals surface area contributed by atoms with Crippen LogP contribution in [0.15, 0.2) is 17.5 Å². The highest BCUT2D eigenvalue weighted by molar-refractivity contribution is 7.14. The van der Waals surface area contributed by atoms with Crippen LogP contribution in [-0.4, -0.2) is 29.1 Å². The molecule has 0 unspecified atom stereocenters. The monoisotopic (exact) mass is 403 g/mol. The third-order valence-corrected chi connectivity index (χ3v) is 4.69. The number of rotatable bonds is 6. The summed E-state index contributed by atoms with van der Waals surface area (Å²) in [7, 11) is 0. The largest absolute Gasteiger partial charge is 0.444 e. The number of ether oxygens (including phenoxy) is 1. The minimum absolute atomic E-state index is 0.121. The standard InChI is InChI=1S/C21H29N3O3S/c1-13-10-14(2)18(15(3)11-13)16-12-28-19(23-16)24-17(25)8-7-9-22-20(26)27-21(4,5)6/h10-12H,7-9H2,1-6H3,(H,22,26)(H,23,24,25). The normalized spacial score (nSPS) is 11.2. The molecule has 0 spiro atoms. The van der Waals surface area contributed by atoms with Crippen LogP contribution < -0.4 is 10.6 Å². The van der Waals surface area contributed by atoms with Gasteiger partial charge in [-0.1, -0.05) is 17.7 Å². The fourth-order valence-corrected chi connectivity index (χ4v) is 3.68. The molecule has 0 radical (unpaired) electrons. The fraction of sp³-hybridized carbons (Fsp3) is 0.476. The molecule has 1 aromatic heterocycles. The summed E-state index contributed by atoms with van der Waals surface area (Å²) in [6, 6.07) is 4.27. The molecule has 2 aromatic rings. The number of thiazole rings is 1. The number of aromatic nitrogens is 1. The van der Waals surface area contributed by atoms with Gasteiger partial charge in [0.15, 0.2) is 5.13 Å². The average Bonchev–Trinajstić information content (AvgIpc) is 2.96. The van der Waals surface area contributed by atoms with Crippen LogP contribution >= 0.6 is 11.3 Å². The van der Waals surface area contributed by atoms with Crippen molar-refractivity contribution < 1.29 is 14.3 Å². The topological polar surface area (TPSA) is 80.3 Å². The molecule has 0 bridgehead atoms. The van der Waals surface area contributed by atoms with Crippen LogP contribution in [0.4, 0.5) is 9.93 Å². The quantitative estimate of drug-likeness (QED) is 0.667. The molecule has 2 N–H and O–H groups in total. The Bertz CT molecular complexity index is 830. The summed E-state index contributed by atoms with van der Waals surface area (Å²) in [6.45, 7) is 12.0. The third-order valence-electron chi connectivity index (χ3n) is 3.93. The second-order valence-corrected chi connectivity index (χ2v) is 8.75. The molecule has 2 amide bonds. The predicted molar refractivity (Wildman–Crippen MR) is 114 cm³/mol. The molecule has 0 aliphatic carbocycles. The van der Waals surface area contributed by atoms with E-state index in [1.807, 2.05) is 26.2 Å². The van der Waals surface area contributed by atoms with Crippen LogP contribution in [0.1, 0.15) is 50.3 Å². The Kier molecular flexibility index (Phi) is 7.18. The van der Waals surface area contributed by atoms with Gasteiger partial charge in [-0.2, -0.15) is 0 Å². The van der Waals surface area contributed by atoms with Crippen molar-refractivity contribution in [3.63, 3.8) is 0 Å². The van der Waals surface area contributed by atoms with Gasteiger partial charge in [0.2, 0.25) is 5.91 Å². The molecule has 0 saturated heterocycles. The van der Waals surface area contributed by atoms with Crippen molar-refractivity contribution in [3.05, 3.63) is 34.2 Å². The lowest BCUT2D eigenvalue weighted by Gasteiger charge is -2.19. The maximum Gasteiger partial charge on any atom is 0.407 e. The van der Waals surface area contributed by atoms with Crippen LogP contribution in [0.2, 0.25) is 0 Å². The maximum absolute atomic E-state index is 12.1. The van der Waals surface area contributed by atoms with Crippen molar-refractivity contribution in [3.8, 4) is 11.3 Å². The first kappa shape index (κ1) is 21.9. The molecule has 2 rings (SSSR count). The van der Waals surface area contributed by atoms with E-state index in [-0.39, 0.29) is 5.91 Å². The van der Waals surface area contributed by atoms with Crippen LogP contribution in [0, 0.1) is 20.8 Å². The second kappa shape index (κ2) is 9.19. The summed E-state index contributed by atoms with van der Waals surface area (Å²) in [5.41, 5.74) is 5.04. The molecule has 0 aliphatic rings. The van der Waals surface area contributed by atoms with Crippen molar-refractivity contribution >= 4 is 28.5 Å². The molecule has 0 fully saturated rings. The highest BCUT2D eigenvalue weighted by Gasteiger charge is 2.16. The molecule has 0 aliphatic heterocycles. The van der Waals surface area contributed by atoms with E-state index in [1.54, 1.807) is 0 Å². The highest BCUT2D eigenvalue weighted by atomic mass is 32.1. The Balaban J connectivity index is 1.84. The first-order valence-electron chi connectivity index (χ1n) is 9.35. The predicted octanol–water partition coefficient (Wildman–Crippen LogP) is 4.98. The zero-order valence-corrected chi connectivity index (χ0v) is 18.3. The zero-order chi connectivity index (χ0) is 20.9. The Morgan fingerprint density at radius 2 is 1.79 bits per heavy atom. The summed E-state index contributed by atoms with van der Waals surface area (Å²) in [5.74, 6) is -0.121. The number of hydrogen-bond donors (Lipinski definition) is 2. The van der Waals surface area contributed by atoms with Crippen LogP contribution in [-0.2, 0) is 9.53 Å². The molecule has 0 atom stereocenters. The highest BCUT2D eigenvalue weighted by Crippen LogP contribution is 2.31. The average molecular weight is 404 g/mol. The minimum Gasteiger partial charge on any atom is -0.444 e. The number of carbonyl (C=O) groups is 2. The Hall–Kier alpha value is -2.41. The lowest BCUT2D eigenvalue weighted by molar-refractivity contribution is -0.116. The van der Waals surface area contributed by atoms with E-state index < -0.39 is 11.7 Å². The van der Waals surface area contributed by atoms with E-state index >= 15 is 0 Å².